The molecule has 1 saturated heterocycles. The van der Waals surface area contributed by atoms with Gasteiger partial charge >= 0.3 is 6.09 Å². The van der Waals surface area contributed by atoms with E-state index in [1.54, 1.807) is 28.8 Å². The Morgan fingerprint density at radius 1 is 1.38 bits per heavy atom. The molecule has 32 heavy (non-hydrogen) atoms. The minimum Gasteiger partial charge on any atom is -0.487 e. The van der Waals surface area contributed by atoms with E-state index in [9.17, 15) is 9.18 Å². The van der Waals surface area contributed by atoms with E-state index in [1.807, 2.05) is 20.8 Å². The number of pyridine rings is 1. The molecular formula is C21H27FN6O4. The Hall–Kier alpha value is -3.34. The lowest BCUT2D eigenvalue weighted by atomic mass is 10.1. The van der Waals surface area contributed by atoms with Crippen molar-refractivity contribution in [3.8, 4) is 17.0 Å². The molecule has 4 rings (SSSR count). The number of aromatic nitrogens is 4. The molecule has 0 unspecified atom stereocenters. The highest BCUT2D eigenvalue weighted by molar-refractivity contribution is 5.72. The smallest absolute Gasteiger partial charge is 0.410 e. The number of carbonyl (C=O) groups is 1. The molecule has 2 N–H and O–H groups in total. The van der Waals surface area contributed by atoms with Gasteiger partial charge in [-0.1, -0.05) is 0 Å². The summed E-state index contributed by atoms with van der Waals surface area (Å²) < 4.78 is 34.9. The number of hydrogen-bond acceptors (Lipinski definition) is 7. The highest BCUT2D eigenvalue weighted by atomic mass is 19.1. The average Bonchev–Trinajstić information content (AvgIpc) is 3.25. The normalized spacial score (nSPS) is 17.0. The van der Waals surface area contributed by atoms with Crippen molar-refractivity contribution >= 4 is 17.4 Å². The summed E-state index contributed by atoms with van der Waals surface area (Å²) in [5, 5.41) is 8.24. The van der Waals surface area contributed by atoms with Crippen LogP contribution in [-0.4, -0.2) is 68.4 Å². The quantitative estimate of drug-likeness (QED) is 0.656. The van der Waals surface area contributed by atoms with Gasteiger partial charge in [0.2, 0.25) is 0 Å². The van der Waals surface area contributed by atoms with Gasteiger partial charge in [-0.25, -0.2) is 13.7 Å². The summed E-state index contributed by atoms with van der Waals surface area (Å²) in [7, 11) is 1.71. The van der Waals surface area contributed by atoms with Gasteiger partial charge in [-0.3, -0.25) is 4.68 Å². The van der Waals surface area contributed by atoms with Crippen LogP contribution >= 0.6 is 0 Å². The zero-order chi connectivity index (χ0) is 23.0. The zero-order valence-electron chi connectivity index (χ0n) is 18.5. The highest BCUT2D eigenvalue weighted by Gasteiger charge is 2.29. The van der Waals surface area contributed by atoms with Crippen LogP contribution in [-0.2, 0) is 16.5 Å². The Balaban J connectivity index is 1.49. The number of ether oxygens (including phenoxy) is 3. The number of fused-ring (bicyclic) bond motifs is 1. The van der Waals surface area contributed by atoms with E-state index in [1.165, 1.54) is 16.9 Å². The third-order valence-electron chi connectivity index (χ3n) is 4.94. The number of anilines is 1. The number of carbonyl (C=O) groups excluding carboxylic acids is 1. The Kier molecular flexibility index (Phi) is 5.68. The molecule has 0 bridgehead atoms. The molecule has 1 amide bonds. The van der Waals surface area contributed by atoms with E-state index < -0.39 is 11.4 Å². The lowest BCUT2D eigenvalue weighted by Gasteiger charge is -2.34. The van der Waals surface area contributed by atoms with Crippen LogP contribution < -0.4 is 10.5 Å². The summed E-state index contributed by atoms with van der Waals surface area (Å²) in [6.45, 7) is 6.80. The van der Waals surface area contributed by atoms with Crippen molar-refractivity contribution in [2.75, 3.05) is 32.0 Å². The summed E-state index contributed by atoms with van der Waals surface area (Å²) in [5.41, 5.74) is 6.58. The van der Waals surface area contributed by atoms with E-state index >= 15 is 0 Å². The van der Waals surface area contributed by atoms with Crippen LogP contribution in [0, 0.1) is 5.82 Å². The molecule has 1 aliphatic heterocycles. The van der Waals surface area contributed by atoms with Crippen molar-refractivity contribution in [1.29, 1.82) is 0 Å². The van der Waals surface area contributed by atoms with E-state index in [2.05, 4.69) is 10.2 Å². The second kappa shape index (κ2) is 8.30. The fourth-order valence-corrected chi connectivity index (χ4v) is 3.54. The first-order chi connectivity index (χ1) is 15.1. The molecular weight excluding hydrogens is 419 g/mol. The van der Waals surface area contributed by atoms with Crippen molar-refractivity contribution in [2.45, 2.75) is 32.5 Å². The van der Waals surface area contributed by atoms with Crippen molar-refractivity contribution in [3.05, 3.63) is 30.3 Å². The standard InChI is InChI=1S/C21H27FN6O4/c1-21(2,3)32-20(29)27-5-6-30-14(10-27)12-31-17-9-24-26(4)19(17)15-7-13-8-18(23)25-28(13)11-16(15)22/h7-9,11,14H,5-6,10,12H2,1-4H3,(H2,23,25)/t14-/m1/s1. The number of halogens is 1. The van der Waals surface area contributed by atoms with Crippen LogP contribution in [0.5, 0.6) is 5.75 Å². The van der Waals surface area contributed by atoms with Crippen molar-refractivity contribution < 1.29 is 23.4 Å². The number of morpholine rings is 1. The molecule has 10 nitrogen and oxygen atoms in total. The summed E-state index contributed by atoms with van der Waals surface area (Å²) in [5.74, 6) is 0.215. The molecule has 0 saturated carbocycles. The second-order valence-electron chi connectivity index (χ2n) is 8.68. The molecule has 3 aromatic heterocycles. The number of aryl methyl sites for hydroxylation is 1. The van der Waals surface area contributed by atoms with Crippen LogP contribution in [0.4, 0.5) is 15.0 Å². The van der Waals surface area contributed by atoms with Gasteiger partial charge < -0.3 is 24.8 Å². The highest BCUT2D eigenvalue weighted by Crippen LogP contribution is 2.32. The van der Waals surface area contributed by atoms with Crippen molar-refractivity contribution in [2.24, 2.45) is 7.05 Å². The first-order valence-electron chi connectivity index (χ1n) is 10.3. The average molecular weight is 446 g/mol. The first-order valence-corrected chi connectivity index (χ1v) is 10.3. The van der Waals surface area contributed by atoms with Crippen LogP contribution in [0.2, 0.25) is 0 Å². The van der Waals surface area contributed by atoms with Gasteiger partial charge in [0.05, 0.1) is 31.1 Å². The first kappa shape index (κ1) is 21.9. The van der Waals surface area contributed by atoms with Gasteiger partial charge in [0.1, 0.15) is 29.8 Å². The largest absolute Gasteiger partial charge is 0.487 e. The lowest BCUT2D eigenvalue weighted by Crippen LogP contribution is -2.49. The van der Waals surface area contributed by atoms with Gasteiger partial charge in [0, 0.05) is 25.2 Å². The van der Waals surface area contributed by atoms with E-state index in [4.69, 9.17) is 19.9 Å². The predicted molar refractivity (Wildman–Crippen MR) is 115 cm³/mol. The Morgan fingerprint density at radius 2 is 2.16 bits per heavy atom. The number of hydrogen-bond donors (Lipinski definition) is 1. The summed E-state index contributed by atoms with van der Waals surface area (Å²) in [6, 6.07) is 3.30. The fourth-order valence-electron chi connectivity index (χ4n) is 3.54. The predicted octanol–water partition coefficient (Wildman–Crippen LogP) is 2.47. The maximum absolute atomic E-state index is 14.8. The van der Waals surface area contributed by atoms with Gasteiger partial charge in [-0.05, 0) is 26.8 Å². The number of nitrogens with two attached hydrogens (primary N) is 1. The van der Waals surface area contributed by atoms with Crippen LogP contribution in [0.25, 0.3) is 16.8 Å². The molecule has 1 atom stereocenters. The van der Waals surface area contributed by atoms with Crippen LogP contribution in [0.15, 0.2) is 24.5 Å². The summed E-state index contributed by atoms with van der Waals surface area (Å²) >= 11 is 0. The molecule has 0 radical (unpaired) electrons. The molecule has 11 heteroatoms. The monoisotopic (exact) mass is 446 g/mol. The topological polar surface area (TPSA) is 109 Å². The molecule has 1 fully saturated rings. The Bertz CT molecular complexity index is 1140. The minimum absolute atomic E-state index is 0.168. The molecule has 3 aromatic rings. The van der Waals surface area contributed by atoms with Gasteiger partial charge in [-0.15, -0.1) is 0 Å². The third kappa shape index (κ3) is 4.62. The van der Waals surface area contributed by atoms with Crippen LogP contribution in [0.3, 0.4) is 0 Å². The van der Waals surface area contributed by atoms with Crippen LogP contribution in [0.1, 0.15) is 20.8 Å². The van der Waals surface area contributed by atoms with Gasteiger partial charge in [0.15, 0.2) is 11.6 Å². The van der Waals surface area contributed by atoms with Gasteiger partial charge in [0.25, 0.3) is 0 Å². The number of rotatable bonds is 4. The lowest BCUT2D eigenvalue weighted by molar-refractivity contribution is -0.0556. The minimum atomic E-state index is -0.572. The molecule has 1 aliphatic rings. The Morgan fingerprint density at radius 3 is 2.91 bits per heavy atom. The summed E-state index contributed by atoms with van der Waals surface area (Å²) in [6.07, 6.45) is 2.05. The molecule has 0 aliphatic carbocycles. The number of amides is 1. The SMILES string of the molecule is Cn1ncc(OC[C@H]2CN(C(=O)OC(C)(C)C)CCO2)c1-c1cc2cc(N)nn2cc1F. The molecule has 0 spiro atoms. The van der Waals surface area contributed by atoms with Gasteiger partial charge in [-0.2, -0.15) is 10.2 Å². The maximum atomic E-state index is 14.8. The number of nitrogen functional groups attached to an aromatic ring is 1. The molecule has 172 valence electrons. The Labute approximate surface area is 184 Å². The van der Waals surface area contributed by atoms with E-state index in [0.29, 0.717) is 48.0 Å². The van der Waals surface area contributed by atoms with Crippen molar-refractivity contribution in [1.82, 2.24) is 24.3 Å². The third-order valence-corrected chi connectivity index (χ3v) is 4.94. The van der Waals surface area contributed by atoms with Crippen molar-refractivity contribution in [3.63, 3.8) is 0 Å². The van der Waals surface area contributed by atoms with E-state index in [-0.39, 0.29) is 18.8 Å². The molecule has 4 heterocycles. The zero-order valence-corrected chi connectivity index (χ0v) is 18.5. The fraction of sp³-hybridized carbons (Fsp3) is 0.476. The molecule has 0 aromatic carbocycles. The maximum Gasteiger partial charge on any atom is 0.410 e. The second-order valence-corrected chi connectivity index (χ2v) is 8.68. The number of nitrogens with zero attached hydrogens (tertiary/aromatic N) is 5. The van der Waals surface area contributed by atoms with E-state index in [0.717, 1.165) is 0 Å². The summed E-state index contributed by atoms with van der Waals surface area (Å²) in [4.78, 5) is 14.0.